The van der Waals surface area contributed by atoms with Gasteiger partial charge in [0.25, 0.3) is 5.91 Å². The molecule has 0 spiro atoms. The molecule has 0 aliphatic carbocycles. The number of rotatable bonds is 5. The highest BCUT2D eigenvalue weighted by Crippen LogP contribution is 2.20. The van der Waals surface area contributed by atoms with Gasteiger partial charge in [-0.25, -0.2) is 15.0 Å². The van der Waals surface area contributed by atoms with Crippen molar-refractivity contribution in [3.63, 3.8) is 0 Å². The highest BCUT2D eigenvalue weighted by Gasteiger charge is 2.15. The first-order valence-corrected chi connectivity index (χ1v) is 9.02. The number of benzene rings is 1. The molecule has 7 nitrogen and oxygen atoms in total. The van der Waals surface area contributed by atoms with Crippen LogP contribution < -0.4 is 5.32 Å². The van der Waals surface area contributed by atoms with Gasteiger partial charge in [0.2, 0.25) is 0 Å². The molecule has 0 aliphatic heterocycles. The predicted octanol–water partition coefficient (Wildman–Crippen LogP) is 2.46. The molecule has 0 saturated carbocycles. The molecule has 0 saturated heterocycles. The third kappa shape index (κ3) is 3.18. The standard InChI is InChI=1S/C18H16N6OS/c1-24-14-6-3-2-5-13(14)15(23-24)17(25)21-10-7-12-11-26-18(22-12)16-19-8-4-9-20-16/h2-6,8-9,11H,7,10H2,1H3,(H,21,25). The molecule has 8 heteroatoms. The lowest BCUT2D eigenvalue weighted by atomic mass is 10.2. The van der Waals surface area contributed by atoms with Crippen molar-refractivity contribution < 1.29 is 4.79 Å². The van der Waals surface area contributed by atoms with Crippen LogP contribution in [0.5, 0.6) is 0 Å². The molecule has 4 aromatic rings. The van der Waals surface area contributed by atoms with Gasteiger partial charge < -0.3 is 5.32 Å². The quantitative estimate of drug-likeness (QED) is 0.588. The molecule has 1 aromatic carbocycles. The Kier molecular flexibility index (Phi) is 4.40. The van der Waals surface area contributed by atoms with Crippen LogP contribution in [0, 0.1) is 0 Å². The van der Waals surface area contributed by atoms with E-state index >= 15 is 0 Å². The highest BCUT2D eigenvalue weighted by atomic mass is 32.1. The largest absolute Gasteiger partial charge is 0.350 e. The number of hydrogen-bond acceptors (Lipinski definition) is 6. The van der Waals surface area contributed by atoms with Crippen molar-refractivity contribution in [3.8, 4) is 10.8 Å². The number of nitrogens with zero attached hydrogens (tertiary/aromatic N) is 5. The lowest BCUT2D eigenvalue weighted by Crippen LogP contribution is -2.26. The molecule has 3 heterocycles. The van der Waals surface area contributed by atoms with E-state index in [1.807, 2.05) is 36.7 Å². The average Bonchev–Trinajstić information content (AvgIpc) is 3.28. The number of amides is 1. The van der Waals surface area contributed by atoms with E-state index in [1.165, 1.54) is 11.3 Å². The minimum absolute atomic E-state index is 0.177. The number of nitrogens with one attached hydrogen (secondary N) is 1. The van der Waals surface area contributed by atoms with Crippen LogP contribution in [0.4, 0.5) is 0 Å². The Bertz CT molecular complexity index is 1060. The van der Waals surface area contributed by atoms with E-state index in [2.05, 4.69) is 25.4 Å². The maximum Gasteiger partial charge on any atom is 0.272 e. The Labute approximate surface area is 153 Å². The number of hydrogen-bond donors (Lipinski definition) is 1. The normalized spacial score (nSPS) is 11.0. The fourth-order valence-electron chi connectivity index (χ4n) is 2.70. The summed E-state index contributed by atoms with van der Waals surface area (Å²) in [5, 5.41) is 10.9. The fourth-order valence-corrected chi connectivity index (χ4v) is 3.50. The zero-order valence-corrected chi connectivity index (χ0v) is 14.9. The van der Waals surface area contributed by atoms with Crippen molar-refractivity contribution in [2.24, 2.45) is 7.05 Å². The van der Waals surface area contributed by atoms with E-state index in [0.717, 1.165) is 21.6 Å². The Morgan fingerprint density at radius 2 is 2.00 bits per heavy atom. The van der Waals surface area contributed by atoms with Crippen LogP contribution in [0.25, 0.3) is 21.7 Å². The maximum atomic E-state index is 12.5. The van der Waals surface area contributed by atoms with Gasteiger partial charge in [-0.2, -0.15) is 5.10 Å². The number of aromatic nitrogens is 5. The summed E-state index contributed by atoms with van der Waals surface area (Å²) in [7, 11) is 1.83. The van der Waals surface area contributed by atoms with E-state index in [0.29, 0.717) is 24.5 Å². The molecular weight excluding hydrogens is 348 g/mol. The first-order chi connectivity index (χ1) is 12.7. The Morgan fingerprint density at radius 3 is 2.85 bits per heavy atom. The van der Waals surface area contributed by atoms with E-state index in [9.17, 15) is 4.79 Å². The van der Waals surface area contributed by atoms with Crippen molar-refractivity contribution in [1.29, 1.82) is 0 Å². The molecule has 26 heavy (non-hydrogen) atoms. The van der Waals surface area contributed by atoms with Crippen LogP contribution in [0.15, 0.2) is 48.1 Å². The molecule has 0 radical (unpaired) electrons. The van der Waals surface area contributed by atoms with Gasteiger partial charge in [-0.3, -0.25) is 9.48 Å². The van der Waals surface area contributed by atoms with Crippen LogP contribution in [-0.4, -0.2) is 37.2 Å². The third-order valence-corrected chi connectivity index (χ3v) is 4.84. The molecule has 0 unspecified atom stereocenters. The minimum atomic E-state index is -0.177. The van der Waals surface area contributed by atoms with E-state index in [4.69, 9.17) is 0 Å². The van der Waals surface area contributed by atoms with Crippen LogP contribution in [0.3, 0.4) is 0 Å². The summed E-state index contributed by atoms with van der Waals surface area (Å²) in [6.45, 7) is 0.489. The van der Waals surface area contributed by atoms with Crippen LogP contribution >= 0.6 is 11.3 Å². The number of para-hydroxylation sites is 1. The molecule has 0 atom stereocenters. The molecule has 130 valence electrons. The van der Waals surface area contributed by atoms with Crippen molar-refractivity contribution in [1.82, 2.24) is 30.0 Å². The summed E-state index contributed by atoms with van der Waals surface area (Å²) in [4.78, 5) is 25.4. The summed E-state index contributed by atoms with van der Waals surface area (Å²) >= 11 is 1.50. The summed E-state index contributed by atoms with van der Waals surface area (Å²) in [5.74, 6) is 0.441. The van der Waals surface area contributed by atoms with Gasteiger partial charge in [-0.15, -0.1) is 11.3 Å². The predicted molar refractivity (Wildman–Crippen MR) is 99.9 cm³/mol. The Balaban J connectivity index is 1.40. The molecule has 0 bridgehead atoms. The first kappa shape index (κ1) is 16.3. The summed E-state index contributed by atoms with van der Waals surface area (Å²) < 4.78 is 1.72. The van der Waals surface area contributed by atoms with E-state index in [1.54, 1.807) is 23.1 Å². The Hall–Kier alpha value is -3.13. The minimum Gasteiger partial charge on any atom is -0.350 e. The van der Waals surface area contributed by atoms with Crippen molar-refractivity contribution in [2.75, 3.05) is 6.54 Å². The second-order valence-electron chi connectivity index (χ2n) is 5.71. The lowest BCUT2D eigenvalue weighted by Gasteiger charge is -2.02. The number of carbonyl (C=O) groups is 1. The van der Waals surface area contributed by atoms with Gasteiger partial charge in [0, 0.05) is 43.2 Å². The SMILES string of the molecule is Cn1nc(C(=O)NCCc2csc(-c3ncccn3)n2)c2ccccc21. The average molecular weight is 364 g/mol. The lowest BCUT2D eigenvalue weighted by molar-refractivity contribution is 0.0950. The molecule has 3 aromatic heterocycles. The monoisotopic (exact) mass is 364 g/mol. The van der Waals surface area contributed by atoms with Crippen LogP contribution in [0.1, 0.15) is 16.2 Å². The van der Waals surface area contributed by atoms with E-state index < -0.39 is 0 Å². The zero-order chi connectivity index (χ0) is 17.9. The molecule has 1 amide bonds. The summed E-state index contributed by atoms with van der Waals surface area (Å²) in [6, 6.07) is 9.46. The second-order valence-corrected chi connectivity index (χ2v) is 6.57. The second kappa shape index (κ2) is 7.01. The molecule has 4 rings (SSSR count). The fraction of sp³-hybridized carbons (Fsp3) is 0.167. The van der Waals surface area contributed by atoms with Gasteiger partial charge in [-0.1, -0.05) is 18.2 Å². The van der Waals surface area contributed by atoms with Gasteiger partial charge in [-0.05, 0) is 12.1 Å². The maximum absolute atomic E-state index is 12.5. The topological polar surface area (TPSA) is 85.6 Å². The van der Waals surface area contributed by atoms with Crippen molar-refractivity contribution in [3.05, 3.63) is 59.5 Å². The number of aryl methyl sites for hydroxylation is 1. The smallest absolute Gasteiger partial charge is 0.272 e. The van der Waals surface area contributed by atoms with Crippen LogP contribution in [0.2, 0.25) is 0 Å². The van der Waals surface area contributed by atoms with Gasteiger partial charge in [0.05, 0.1) is 11.2 Å². The van der Waals surface area contributed by atoms with Gasteiger partial charge >= 0.3 is 0 Å². The third-order valence-electron chi connectivity index (χ3n) is 3.95. The van der Waals surface area contributed by atoms with Gasteiger partial charge in [0.1, 0.15) is 0 Å². The molecular formula is C18H16N6OS. The summed E-state index contributed by atoms with van der Waals surface area (Å²) in [5.41, 5.74) is 2.29. The molecule has 0 aliphatic rings. The summed E-state index contributed by atoms with van der Waals surface area (Å²) in [6.07, 6.45) is 4.03. The first-order valence-electron chi connectivity index (χ1n) is 8.14. The number of thiazole rings is 1. The zero-order valence-electron chi connectivity index (χ0n) is 14.1. The van der Waals surface area contributed by atoms with Gasteiger partial charge in [0.15, 0.2) is 16.5 Å². The molecule has 0 fully saturated rings. The van der Waals surface area contributed by atoms with E-state index in [-0.39, 0.29) is 5.91 Å². The van der Waals surface area contributed by atoms with Crippen LogP contribution in [-0.2, 0) is 13.5 Å². The van der Waals surface area contributed by atoms with Crippen molar-refractivity contribution in [2.45, 2.75) is 6.42 Å². The van der Waals surface area contributed by atoms with Crippen molar-refractivity contribution >= 4 is 28.1 Å². The number of fused-ring (bicyclic) bond motifs is 1. The number of carbonyl (C=O) groups excluding carboxylic acids is 1. The molecule has 1 N–H and O–H groups in total. The highest BCUT2D eigenvalue weighted by molar-refractivity contribution is 7.13. The Morgan fingerprint density at radius 1 is 1.19 bits per heavy atom.